The molecule has 1 N–H and O–H groups in total. The van der Waals surface area contributed by atoms with E-state index in [1.165, 1.54) is 0 Å². The first-order chi connectivity index (χ1) is 5.84. The molecule has 0 saturated carbocycles. The molecule has 0 spiro atoms. The lowest BCUT2D eigenvalue weighted by atomic mass is 10.3. The maximum absolute atomic E-state index is 5.54. The van der Waals surface area contributed by atoms with Crippen LogP contribution in [0.15, 0.2) is 6.20 Å². The van der Waals surface area contributed by atoms with Crippen molar-refractivity contribution in [2.24, 2.45) is 7.05 Å². The highest BCUT2D eigenvalue weighted by Crippen LogP contribution is 2.09. The number of ether oxygens (including phenoxy) is 1. The Balaban J connectivity index is 1.94. The molecule has 1 atom stereocenters. The average Bonchev–Trinajstić information content (AvgIpc) is 2.63. The molecule has 0 bridgehead atoms. The van der Waals surface area contributed by atoms with Gasteiger partial charge < -0.3 is 10.1 Å². The summed E-state index contributed by atoms with van der Waals surface area (Å²) in [5.41, 5.74) is 0. The Morgan fingerprint density at radius 2 is 2.67 bits per heavy atom. The summed E-state index contributed by atoms with van der Waals surface area (Å²) in [6.45, 7) is 1.95. The lowest BCUT2D eigenvalue weighted by Crippen LogP contribution is -2.19. The van der Waals surface area contributed by atoms with Gasteiger partial charge in [0.25, 0.3) is 5.88 Å². The maximum Gasteiger partial charge on any atom is 0.253 e. The molecule has 2 rings (SSSR count). The zero-order valence-corrected chi connectivity index (χ0v) is 7.03. The third-order valence-electron chi connectivity index (χ3n) is 1.88. The summed E-state index contributed by atoms with van der Waals surface area (Å²) >= 11 is 0. The first-order valence-electron chi connectivity index (χ1n) is 4.08. The molecule has 1 aromatic rings. The highest BCUT2D eigenvalue weighted by molar-refractivity contribution is 5.00. The molecule has 0 radical (unpaired) electrons. The van der Waals surface area contributed by atoms with E-state index in [1.807, 2.05) is 7.05 Å². The zero-order chi connectivity index (χ0) is 8.39. The molecule has 0 amide bonds. The summed E-state index contributed by atoms with van der Waals surface area (Å²) in [6.07, 6.45) is 3.09. The van der Waals surface area contributed by atoms with Gasteiger partial charge in [0.15, 0.2) is 0 Å². The Morgan fingerprint density at radius 1 is 1.75 bits per heavy atom. The average molecular weight is 168 g/mol. The van der Waals surface area contributed by atoms with E-state index in [-0.39, 0.29) is 6.10 Å². The van der Waals surface area contributed by atoms with Crippen LogP contribution in [0.25, 0.3) is 0 Å². The van der Waals surface area contributed by atoms with Crippen molar-refractivity contribution >= 4 is 0 Å². The second kappa shape index (κ2) is 3.10. The molecular formula is C7H12N4O. The second-order valence-electron chi connectivity index (χ2n) is 2.96. The van der Waals surface area contributed by atoms with Crippen molar-refractivity contribution in [3.63, 3.8) is 0 Å². The van der Waals surface area contributed by atoms with E-state index in [4.69, 9.17) is 4.74 Å². The number of hydrogen-bond donors (Lipinski definition) is 1. The largest absolute Gasteiger partial charge is 0.471 e. The van der Waals surface area contributed by atoms with Gasteiger partial charge in [0.1, 0.15) is 6.10 Å². The predicted molar refractivity (Wildman–Crippen MR) is 42.9 cm³/mol. The molecule has 5 nitrogen and oxygen atoms in total. The Hall–Kier alpha value is -1.10. The number of aryl methyl sites for hydroxylation is 1. The third kappa shape index (κ3) is 1.55. The minimum absolute atomic E-state index is 0.265. The summed E-state index contributed by atoms with van der Waals surface area (Å²) in [4.78, 5) is 0. The van der Waals surface area contributed by atoms with Gasteiger partial charge in [0.2, 0.25) is 0 Å². The Labute approximate surface area is 70.7 Å². The van der Waals surface area contributed by atoms with Crippen LogP contribution in [-0.4, -0.2) is 34.2 Å². The molecular weight excluding hydrogens is 156 g/mol. The fourth-order valence-corrected chi connectivity index (χ4v) is 1.28. The van der Waals surface area contributed by atoms with E-state index in [0.29, 0.717) is 5.88 Å². The van der Waals surface area contributed by atoms with Crippen LogP contribution in [0.4, 0.5) is 0 Å². The van der Waals surface area contributed by atoms with Gasteiger partial charge in [-0.3, -0.25) is 4.68 Å². The number of nitrogens with one attached hydrogen (secondary N) is 1. The fraction of sp³-hybridized carbons (Fsp3) is 0.714. The van der Waals surface area contributed by atoms with E-state index in [0.717, 1.165) is 19.5 Å². The number of nitrogens with zero attached hydrogens (tertiary/aromatic N) is 3. The summed E-state index contributed by atoms with van der Waals surface area (Å²) in [5, 5.41) is 10.8. The molecule has 1 aromatic heterocycles. The molecule has 12 heavy (non-hydrogen) atoms. The first kappa shape index (κ1) is 7.54. The minimum atomic E-state index is 0.265. The standard InChI is InChI=1S/C7H12N4O/c1-11-5-7(9-10-11)12-6-2-3-8-4-6/h5-6,8H,2-4H2,1H3. The quantitative estimate of drug-likeness (QED) is 0.650. The topological polar surface area (TPSA) is 52.0 Å². The minimum Gasteiger partial charge on any atom is -0.471 e. The maximum atomic E-state index is 5.54. The molecule has 5 heteroatoms. The number of rotatable bonds is 2. The van der Waals surface area contributed by atoms with Crippen molar-refractivity contribution < 1.29 is 4.74 Å². The monoisotopic (exact) mass is 168 g/mol. The molecule has 1 unspecified atom stereocenters. The van der Waals surface area contributed by atoms with Gasteiger partial charge in [-0.25, -0.2) is 0 Å². The first-order valence-corrected chi connectivity index (χ1v) is 4.08. The van der Waals surface area contributed by atoms with Crippen molar-refractivity contribution in [3.8, 4) is 5.88 Å². The predicted octanol–water partition coefficient (Wildman–Crippen LogP) is -0.444. The molecule has 2 heterocycles. The van der Waals surface area contributed by atoms with Gasteiger partial charge in [-0.1, -0.05) is 10.3 Å². The molecule has 1 aliphatic heterocycles. The molecule has 0 aliphatic carbocycles. The normalized spacial score (nSPS) is 22.9. The fourth-order valence-electron chi connectivity index (χ4n) is 1.28. The van der Waals surface area contributed by atoms with Crippen LogP contribution >= 0.6 is 0 Å². The van der Waals surface area contributed by atoms with Crippen molar-refractivity contribution in [2.45, 2.75) is 12.5 Å². The lowest BCUT2D eigenvalue weighted by molar-refractivity contribution is 0.213. The van der Waals surface area contributed by atoms with Crippen molar-refractivity contribution in [1.82, 2.24) is 20.3 Å². The van der Waals surface area contributed by atoms with Crippen LogP contribution in [0.5, 0.6) is 5.88 Å². The van der Waals surface area contributed by atoms with Crippen molar-refractivity contribution in [2.75, 3.05) is 13.1 Å². The highest BCUT2D eigenvalue weighted by atomic mass is 16.5. The summed E-state index contributed by atoms with van der Waals surface area (Å²) < 4.78 is 7.18. The molecule has 1 saturated heterocycles. The van der Waals surface area contributed by atoms with Gasteiger partial charge >= 0.3 is 0 Å². The number of hydrogen-bond acceptors (Lipinski definition) is 4. The Kier molecular flexibility index (Phi) is 1.95. The van der Waals surface area contributed by atoms with Crippen molar-refractivity contribution in [1.29, 1.82) is 0 Å². The Bertz CT molecular complexity index is 254. The molecule has 1 aliphatic rings. The highest BCUT2D eigenvalue weighted by Gasteiger charge is 2.16. The van der Waals surface area contributed by atoms with Crippen molar-refractivity contribution in [3.05, 3.63) is 6.20 Å². The van der Waals surface area contributed by atoms with Crippen LogP contribution in [0.3, 0.4) is 0 Å². The van der Waals surface area contributed by atoms with Gasteiger partial charge in [-0.2, -0.15) is 0 Å². The molecule has 0 aromatic carbocycles. The summed E-state index contributed by atoms with van der Waals surface area (Å²) in [6, 6.07) is 0. The van der Waals surface area contributed by atoms with E-state index in [2.05, 4.69) is 15.6 Å². The number of aromatic nitrogens is 3. The smallest absolute Gasteiger partial charge is 0.253 e. The van der Waals surface area contributed by atoms with Gasteiger partial charge in [0, 0.05) is 13.6 Å². The molecule has 1 fully saturated rings. The van der Waals surface area contributed by atoms with E-state index in [9.17, 15) is 0 Å². The van der Waals surface area contributed by atoms with Crippen LogP contribution in [0.1, 0.15) is 6.42 Å². The lowest BCUT2D eigenvalue weighted by Gasteiger charge is -2.07. The van der Waals surface area contributed by atoms with E-state index >= 15 is 0 Å². The summed E-state index contributed by atoms with van der Waals surface area (Å²) in [5.74, 6) is 0.617. The van der Waals surface area contributed by atoms with Gasteiger partial charge in [-0.05, 0) is 13.0 Å². The third-order valence-corrected chi connectivity index (χ3v) is 1.88. The zero-order valence-electron chi connectivity index (χ0n) is 7.03. The van der Waals surface area contributed by atoms with Crippen LogP contribution in [-0.2, 0) is 7.05 Å². The second-order valence-corrected chi connectivity index (χ2v) is 2.96. The van der Waals surface area contributed by atoms with Gasteiger partial charge in [0.05, 0.1) is 6.20 Å². The SMILES string of the molecule is Cn1cc(OC2CCNC2)nn1. The molecule has 66 valence electrons. The summed E-state index contributed by atoms with van der Waals surface area (Å²) in [7, 11) is 1.83. The van der Waals surface area contributed by atoms with Crippen LogP contribution < -0.4 is 10.1 Å². The van der Waals surface area contributed by atoms with E-state index < -0.39 is 0 Å². The van der Waals surface area contributed by atoms with Gasteiger partial charge in [-0.15, -0.1) is 0 Å². The van der Waals surface area contributed by atoms with Crippen LogP contribution in [0, 0.1) is 0 Å². The Morgan fingerprint density at radius 3 is 3.25 bits per heavy atom. The van der Waals surface area contributed by atoms with Crippen LogP contribution in [0.2, 0.25) is 0 Å². The van der Waals surface area contributed by atoms with E-state index in [1.54, 1.807) is 10.9 Å².